The largest absolute Gasteiger partial charge is 0.497 e. The van der Waals surface area contributed by atoms with Gasteiger partial charge in [-0.2, -0.15) is 0 Å². The second-order valence-electron chi connectivity index (χ2n) is 3.34. The standard InChI is InChI=1S/C11H14O4/c1-7(11(13)14)10(12)8-3-5-9(15-2)6-4-8/h3-7,10,12H,1-2H3,(H,13,14)/t7-,10+/m1/s1. The summed E-state index contributed by atoms with van der Waals surface area (Å²) in [5.74, 6) is -1.16. The minimum atomic E-state index is -1.02. The third-order valence-corrected chi connectivity index (χ3v) is 2.32. The number of ether oxygens (including phenoxy) is 1. The van der Waals surface area contributed by atoms with Crippen LogP contribution in [0.3, 0.4) is 0 Å². The first-order valence-corrected chi connectivity index (χ1v) is 4.61. The van der Waals surface area contributed by atoms with E-state index < -0.39 is 18.0 Å². The smallest absolute Gasteiger partial charge is 0.309 e. The molecule has 15 heavy (non-hydrogen) atoms. The van der Waals surface area contributed by atoms with Crippen LogP contribution in [0.1, 0.15) is 18.6 Å². The van der Waals surface area contributed by atoms with Crippen LogP contribution in [0.2, 0.25) is 0 Å². The molecule has 0 fully saturated rings. The molecule has 0 aliphatic carbocycles. The summed E-state index contributed by atoms with van der Waals surface area (Å²) >= 11 is 0. The maximum Gasteiger partial charge on any atom is 0.309 e. The van der Waals surface area contributed by atoms with Crippen LogP contribution in [0.5, 0.6) is 5.75 Å². The summed E-state index contributed by atoms with van der Waals surface area (Å²) in [6.45, 7) is 1.47. The lowest BCUT2D eigenvalue weighted by molar-refractivity contribution is -0.145. The zero-order valence-corrected chi connectivity index (χ0v) is 8.68. The molecule has 0 radical (unpaired) electrons. The van der Waals surface area contributed by atoms with E-state index in [9.17, 15) is 9.90 Å². The van der Waals surface area contributed by atoms with Crippen LogP contribution >= 0.6 is 0 Å². The van der Waals surface area contributed by atoms with Crippen molar-refractivity contribution in [3.05, 3.63) is 29.8 Å². The Balaban J connectivity index is 2.82. The van der Waals surface area contributed by atoms with Crippen molar-refractivity contribution in [2.75, 3.05) is 7.11 Å². The number of carboxylic acid groups (broad SMARTS) is 1. The Hall–Kier alpha value is -1.55. The van der Waals surface area contributed by atoms with Crippen molar-refractivity contribution < 1.29 is 19.7 Å². The molecule has 2 atom stereocenters. The predicted octanol–water partition coefficient (Wildman–Crippen LogP) is 1.45. The zero-order chi connectivity index (χ0) is 11.4. The van der Waals surface area contributed by atoms with E-state index in [-0.39, 0.29) is 0 Å². The fourth-order valence-electron chi connectivity index (χ4n) is 1.22. The van der Waals surface area contributed by atoms with E-state index in [4.69, 9.17) is 9.84 Å². The molecule has 82 valence electrons. The molecule has 0 bridgehead atoms. The van der Waals surface area contributed by atoms with Gasteiger partial charge in [0.1, 0.15) is 5.75 Å². The van der Waals surface area contributed by atoms with Crippen LogP contribution in [0, 0.1) is 5.92 Å². The van der Waals surface area contributed by atoms with Crippen molar-refractivity contribution in [1.29, 1.82) is 0 Å². The van der Waals surface area contributed by atoms with Crippen LogP contribution in [0.4, 0.5) is 0 Å². The normalized spacial score (nSPS) is 14.3. The molecule has 0 amide bonds. The van der Waals surface area contributed by atoms with Gasteiger partial charge in [0.05, 0.1) is 19.1 Å². The van der Waals surface area contributed by atoms with Gasteiger partial charge >= 0.3 is 5.97 Å². The van der Waals surface area contributed by atoms with E-state index in [2.05, 4.69) is 0 Å². The lowest BCUT2D eigenvalue weighted by Crippen LogP contribution is -2.18. The average molecular weight is 210 g/mol. The first-order valence-electron chi connectivity index (χ1n) is 4.61. The van der Waals surface area contributed by atoms with E-state index in [0.717, 1.165) is 0 Å². The molecule has 2 N–H and O–H groups in total. The summed E-state index contributed by atoms with van der Waals surface area (Å²) in [7, 11) is 1.55. The minimum absolute atomic E-state index is 0.575. The first-order chi connectivity index (χ1) is 7.06. The molecule has 1 rings (SSSR count). The highest BCUT2D eigenvalue weighted by Gasteiger charge is 2.22. The van der Waals surface area contributed by atoms with Gasteiger partial charge in [0.2, 0.25) is 0 Å². The molecule has 0 unspecified atom stereocenters. The van der Waals surface area contributed by atoms with Gasteiger partial charge in [-0.1, -0.05) is 12.1 Å². The quantitative estimate of drug-likeness (QED) is 0.789. The Bertz CT molecular complexity index is 331. The number of carboxylic acids is 1. The van der Waals surface area contributed by atoms with Gasteiger partial charge in [-0.05, 0) is 24.6 Å². The van der Waals surface area contributed by atoms with E-state index >= 15 is 0 Å². The number of carbonyl (C=O) groups is 1. The van der Waals surface area contributed by atoms with Crippen molar-refractivity contribution in [1.82, 2.24) is 0 Å². The fourth-order valence-corrected chi connectivity index (χ4v) is 1.22. The fraction of sp³-hybridized carbons (Fsp3) is 0.364. The number of rotatable bonds is 4. The van der Waals surface area contributed by atoms with Crippen LogP contribution in [-0.4, -0.2) is 23.3 Å². The van der Waals surface area contributed by atoms with Crippen LogP contribution in [-0.2, 0) is 4.79 Å². The average Bonchev–Trinajstić information content (AvgIpc) is 2.27. The van der Waals surface area contributed by atoms with Crippen molar-refractivity contribution in [2.45, 2.75) is 13.0 Å². The lowest BCUT2D eigenvalue weighted by Gasteiger charge is -2.15. The minimum Gasteiger partial charge on any atom is -0.497 e. The maximum atomic E-state index is 10.7. The summed E-state index contributed by atoms with van der Waals surface area (Å²) in [6.07, 6.45) is -0.992. The molecule has 0 saturated heterocycles. The monoisotopic (exact) mass is 210 g/mol. The molecule has 0 aliphatic heterocycles. The highest BCUT2D eigenvalue weighted by atomic mass is 16.5. The lowest BCUT2D eigenvalue weighted by atomic mass is 9.98. The second kappa shape index (κ2) is 4.79. The summed E-state index contributed by atoms with van der Waals surface area (Å²) in [5, 5.41) is 18.4. The van der Waals surface area contributed by atoms with E-state index in [1.807, 2.05) is 0 Å². The third-order valence-electron chi connectivity index (χ3n) is 2.32. The Labute approximate surface area is 88.1 Å². The van der Waals surface area contributed by atoms with Gasteiger partial charge in [-0.25, -0.2) is 0 Å². The van der Waals surface area contributed by atoms with Crippen molar-refractivity contribution >= 4 is 5.97 Å². The van der Waals surface area contributed by atoms with Crippen molar-refractivity contribution in [2.24, 2.45) is 5.92 Å². The van der Waals surface area contributed by atoms with Crippen molar-refractivity contribution in [3.63, 3.8) is 0 Å². The number of hydrogen-bond donors (Lipinski definition) is 2. The number of hydrogen-bond acceptors (Lipinski definition) is 3. The number of aliphatic carboxylic acids is 1. The SMILES string of the molecule is COc1ccc([C@@H](O)[C@@H](C)C(=O)O)cc1. The predicted molar refractivity (Wildman–Crippen MR) is 54.8 cm³/mol. The molecule has 0 aliphatic rings. The summed E-state index contributed by atoms with van der Waals surface area (Å²) in [5.41, 5.74) is 0.575. The Morgan fingerprint density at radius 3 is 2.27 bits per heavy atom. The van der Waals surface area contributed by atoms with E-state index in [1.54, 1.807) is 31.4 Å². The van der Waals surface area contributed by atoms with Crippen LogP contribution in [0.25, 0.3) is 0 Å². The second-order valence-corrected chi connectivity index (χ2v) is 3.34. The van der Waals surface area contributed by atoms with Crippen LogP contribution < -0.4 is 4.74 Å². The van der Waals surface area contributed by atoms with Crippen molar-refractivity contribution in [3.8, 4) is 5.75 Å². The van der Waals surface area contributed by atoms with Gasteiger partial charge in [0.25, 0.3) is 0 Å². The highest BCUT2D eigenvalue weighted by Crippen LogP contribution is 2.23. The first kappa shape index (κ1) is 11.5. The van der Waals surface area contributed by atoms with Crippen LogP contribution in [0.15, 0.2) is 24.3 Å². The molecule has 1 aromatic carbocycles. The third kappa shape index (κ3) is 2.70. The number of aliphatic hydroxyl groups excluding tert-OH is 1. The van der Waals surface area contributed by atoms with Gasteiger partial charge < -0.3 is 14.9 Å². The number of methoxy groups -OCH3 is 1. The van der Waals surface area contributed by atoms with E-state index in [1.165, 1.54) is 6.92 Å². The molecule has 0 aromatic heterocycles. The molecule has 0 heterocycles. The Morgan fingerprint density at radius 1 is 1.33 bits per heavy atom. The molecular weight excluding hydrogens is 196 g/mol. The van der Waals surface area contributed by atoms with Gasteiger partial charge in [-0.3, -0.25) is 4.79 Å². The molecule has 4 nitrogen and oxygen atoms in total. The summed E-state index contributed by atoms with van der Waals surface area (Å²) in [4.78, 5) is 10.7. The van der Waals surface area contributed by atoms with Gasteiger partial charge in [0, 0.05) is 0 Å². The molecule has 1 aromatic rings. The zero-order valence-electron chi connectivity index (χ0n) is 8.68. The van der Waals surface area contributed by atoms with Gasteiger partial charge in [0.15, 0.2) is 0 Å². The topological polar surface area (TPSA) is 66.8 Å². The highest BCUT2D eigenvalue weighted by molar-refractivity contribution is 5.70. The number of benzene rings is 1. The summed E-state index contributed by atoms with van der Waals surface area (Å²) < 4.78 is 4.96. The molecule has 0 spiro atoms. The molecule has 0 saturated carbocycles. The van der Waals surface area contributed by atoms with Gasteiger partial charge in [-0.15, -0.1) is 0 Å². The maximum absolute atomic E-state index is 10.7. The Kier molecular flexibility index (Phi) is 3.68. The summed E-state index contributed by atoms with van der Waals surface area (Å²) in [6, 6.07) is 6.69. The van der Waals surface area contributed by atoms with E-state index in [0.29, 0.717) is 11.3 Å². The Morgan fingerprint density at radius 2 is 1.87 bits per heavy atom. The number of aliphatic hydroxyl groups is 1. The molecule has 4 heteroatoms. The molecular formula is C11H14O4.